The molecule has 1 N–H and O–H groups in total. The Bertz CT molecular complexity index is 609. The van der Waals surface area contributed by atoms with Crippen LogP contribution in [0.15, 0.2) is 48.5 Å². The minimum atomic E-state index is 1.07. The van der Waals surface area contributed by atoms with Crippen molar-refractivity contribution in [1.29, 1.82) is 0 Å². The fraction of sp³-hybridized carbons (Fsp3) is 0.278. The summed E-state index contributed by atoms with van der Waals surface area (Å²) in [6.07, 6.45) is 0. The Morgan fingerprint density at radius 1 is 0.857 bits per heavy atom. The van der Waals surface area contributed by atoms with Gasteiger partial charge in [-0.15, -0.1) is 11.3 Å². The molecule has 0 saturated carbocycles. The molecule has 0 atom stereocenters. The SMILES string of the molecule is CC.CC.CNc1ccc(-c2nc3ccccc3s2)cc1. The van der Waals surface area contributed by atoms with Crippen LogP contribution in [0.1, 0.15) is 27.7 Å². The zero-order valence-electron chi connectivity index (χ0n) is 13.5. The smallest absolute Gasteiger partial charge is 0.124 e. The highest BCUT2D eigenvalue weighted by Gasteiger charge is 2.05. The van der Waals surface area contributed by atoms with Gasteiger partial charge in [0.15, 0.2) is 0 Å². The van der Waals surface area contributed by atoms with E-state index in [0.29, 0.717) is 0 Å². The predicted molar refractivity (Wildman–Crippen MR) is 97.3 cm³/mol. The first kappa shape index (κ1) is 17.2. The van der Waals surface area contributed by atoms with Crippen LogP contribution >= 0.6 is 11.3 Å². The van der Waals surface area contributed by atoms with Gasteiger partial charge >= 0.3 is 0 Å². The van der Waals surface area contributed by atoms with E-state index in [2.05, 4.69) is 46.7 Å². The van der Waals surface area contributed by atoms with Gasteiger partial charge in [0.2, 0.25) is 0 Å². The van der Waals surface area contributed by atoms with Crippen LogP contribution in [0.3, 0.4) is 0 Å². The number of thiazole rings is 1. The van der Waals surface area contributed by atoms with Crippen LogP contribution < -0.4 is 5.32 Å². The van der Waals surface area contributed by atoms with Crippen molar-refractivity contribution in [3.05, 3.63) is 48.5 Å². The van der Waals surface area contributed by atoms with Crippen LogP contribution in [-0.4, -0.2) is 12.0 Å². The Balaban J connectivity index is 0.000000510. The zero-order valence-corrected chi connectivity index (χ0v) is 14.3. The maximum Gasteiger partial charge on any atom is 0.124 e. The van der Waals surface area contributed by atoms with E-state index < -0.39 is 0 Å². The summed E-state index contributed by atoms with van der Waals surface area (Å²) in [7, 11) is 1.92. The maximum atomic E-state index is 4.64. The number of hydrogen-bond acceptors (Lipinski definition) is 3. The molecule has 0 saturated heterocycles. The molecule has 1 aromatic heterocycles. The normalized spacial score (nSPS) is 9.19. The Hall–Kier alpha value is -1.87. The predicted octanol–water partition coefficient (Wildman–Crippen LogP) is 6.06. The summed E-state index contributed by atoms with van der Waals surface area (Å²) in [6.45, 7) is 8.00. The quantitative estimate of drug-likeness (QED) is 0.622. The number of nitrogens with zero attached hydrogens (tertiary/aromatic N) is 1. The fourth-order valence-electron chi connectivity index (χ4n) is 1.78. The van der Waals surface area contributed by atoms with E-state index in [-0.39, 0.29) is 0 Å². The van der Waals surface area contributed by atoms with Crippen molar-refractivity contribution >= 4 is 27.2 Å². The molecule has 2 nitrogen and oxygen atoms in total. The molecule has 0 aliphatic rings. The molecule has 0 bridgehead atoms. The summed E-state index contributed by atoms with van der Waals surface area (Å²) in [5.74, 6) is 0. The largest absolute Gasteiger partial charge is 0.388 e. The molecule has 0 spiro atoms. The van der Waals surface area contributed by atoms with Crippen LogP contribution in [0, 0.1) is 0 Å². The Morgan fingerprint density at radius 2 is 1.48 bits per heavy atom. The number of anilines is 1. The Kier molecular flexibility index (Phi) is 7.48. The standard InChI is InChI=1S/C14H12N2S.2C2H6/c1-15-11-8-6-10(7-9-11)14-16-12-4-2-3-5-13(12)17-14;2*1-2/h2-9,15H,1H3;2*1-2H3. The molecular weight excluding hydrogens is 276 g/mol. The van der Waals surface area contributed by atoms with Crippen LogP contribution in [0.5, 0.6) is 0 Å². The molecule has 0 unspecified atom stereocenters. The van der Waals surface area contributed by atoms with Gasteiger partial charge < -0.3 is 5.32 Å². The van der Waals surface area contributed by atoms with Crippen molar-refractivity contribution in [1.82, 2.24) is 4.98 Å². The van der Waals surface area contributed by atoms with Crippen molar-refractivity contribution in [2.24, 2.45) is 0 Å². The first-order valence-electron chi connectivity index (χ1n) is 7.50. The molecule has 3 heteroatoms. The van der Waals surface area contributed by atoms with Crippen LogP contribution in [0.4, 0.5) is 5.69 Å². The molecule has 1 heterocycles. The minimum absolute atomic E-state index is 1.07. The van der Waals surface area contributed by atoms with Gasteiger partial charge in [-0.3, -0.25) is 0 Å². The van der Waals surface area contributed by atoms with Gasteiger partial charge in [0, 0.05) is 18.3 Å². The summed E-state index contributed by atoms with van der Waals surface area (Å²) >= 11 is 1.73. The molecule has 0 amide bonds. The van der Waals surface area contributed by atoms with E-state index in [1.54, 1.807) is 11.3 Å². The second-order valence-electron chi connectivity index (χ2n) is 3.81. The third-order valence-corrected chi connectivity index (χ3v) is 3.80. The lowest BCUT2D eigenvalue weighted by Crippen LogP contribution is -1.86. The second kappa shape index (κ2) is 9.14. The van der Waals surface area contributed by atoms with Crippen molar-refractivity contribution in [2.45, 2.75) is 27.7 Å². The highest BCUT2D eigenvalue weighted by Crippen LogP contribution is 2.30. The summed E-state index contributed by atoms with van der Waals surface area (Å²) in [5, 5.41) is 4.19. The lowest BCUT2D eigenvalue weighted by atomic mass is 10.2. The topological polar surface area (TPSA) is 24.9 Å². The van der Waals surface area contributed by atoms with E-state index in [1.165, 1.54) is 10.3 Å². The summed E-state index contributed by atoms with van der Waals surface area (Å²) < 4.78 is 1.24. The lowest BCUT2D eigenvalue weighted by Gasteiger charge is -2.00. The first-order valence-corrected chi connectivity index (χ1v) is 8.32. The molecule has 3 rings (SSSR count). The van der Waals surface area contributed by atoms with Crippen molar-refractivity contribution in [2.75, 3.05) is 12.4 Å². The number of nitrogens with one attached hydrogen (secondary N) is 1. The van der Waals surface area contributed by atoms with Gasteiger partial charge in [-0.2, -0.15) is 0 Å². The van der Waals surface area contributed by atoms with Crippen LogP contribution in [0.25, 0.3) is 20.8 Å². The van der Waals surface area contributed by atoms with Gasteiger partial charge in [-0.1, -0.05) is 39.8 Å². The molecule has 21 heavy (non-hydrogen) atoms. The van der Waals surface area contributed by atoms with Crippen molar-refractivity contribution in [3.8, 4) is 10.6 Å². The molecule has 0 fully saturated rings. The molecule has 0 aliphatic heterocycles. The van der Waals surface area contributed by atoms with E-state index >= 15 is 0 Å². The lowest BCUT2D eigenvalue weighted by molar-refractivity contribution is 1.46. The zero-order chi connectivity index (χ0) is 15.7. The Morgan fingerprint density at radius 3 is 2.05 bits per heavy atom. The molecule has 0 radical (unpaired) electrons. The van der Waals surface area contributed by atoms with E-state index in [0.717, 1.165) is 16.2 Å². The van der Waals surface area contributed by atoms with E-state index in [4.69, 9.17) is 0 Å². The number of aromatic nitrogens is 1. The first-order chi connectivity index (χ1) is 10.4. The summed E-state index contributed by atoms with van der Waals surface area (Å²) in [4.78, 5) is 4.64. The van der Waals surface area contributed by atoms with Gasteiger partial charge in [0.1, 0.15) is 5.01 Å². The average Bonchev–Trinajstić information content (AvgIpc) is 3.03. The summed E-state index contributed by atoms with van der Waals surface area (Å²) in [5.41, 5.74) is 3.37. The number of hydrogen-bond donors (Lipinski definition) is 1. The molecule has 0 aliphatic carbocycles. The van der Waals surface area contributed by atoms with E-state index in [9.17, 15) is 0 Å². The monoisotopic (exact) mass is 300 g/mol. The van der Waals surface area contributed by atoms with Crippen LogP contribution in [0.2, 0.25) is 0 Å². The van der Waals surface area contributed by atoms with Gasteiger partial charge in [-0.05, 0) is 36.4 Å². The van der Waals surface area contributed by atoms with Crippen LogP contribution in [-0.2, 0) is 0 Å². The van der Waals surface area contributed by atoms with Crippen molar-refractivity contribution in [3.63, 3.8) is 0 Å². The summed E-state index contributed by atoms with van der Waals surface area (Å²) in [6, 6.07) is 16.6. The molecule has 112 valence electrons. The number of para-hydroxylation sites is 1. The highest BCUT2D eigenvalue weighted by atomic mass is 32.1. The molecular formula is C18H24N2S. The number of benzene rings is 2. The third kappa shape index (κ3) is 4.30. The number of rotatable bonds is 2. The Labute approximate surface area is 131 Å². The van der Waals surface area contributed by atoms with Crippen molar-refractivity contribution < 1.29 is 0 Å². The fourth-order valence-corrected chi connectivity index (χ4v) is 2.75. The van der Waals surface area contributed by atoms with E-state index in [1.807, 2.05) is 46.9 Å². The molecule has 2 aromatic carbocycles. The third-order valence-electron chi connectivity index (χ3n) is 2.71. The second-order valence-corrected chi connectivity index (χ2v) is 4.84. The van der Waals surface area contributed by atoms with Gasteiger partial charge in [0.05, 0.1) is 10.2 Å². The van der Waals surface area contributed by atoms with Gasteiger partial charge in [-0.25, -0.2) is 4.98 Å². The highest BCUT2D eigenvalue weighted by molar-refractivity contribution is 7.21. The average molecular weight is 300 g/mol. The molecule has 3 aromatic rings. The number of fused-ring (bicyclic) bond motifs is 1. The minimum Gasteiger partial charge on any atom is -0.388 e. The van der Waals surface area contributed by atoms with Gasteiger partial charge in [0.25, 0.3) is 0 Å². The maximum absolute atomic E-state index is 4.64.